The van der Waals surface area contributed by atoms with E-state index in [9.17, 15) is 4.79 Å². The van der Waals surface area contributed by atoms with E-state index in [2.05, 4.69) is 32.3 Å². The van der Waals surface area contributed by atoms with E-state index in [1.807, 2.05) is 16.9 Å². The summed E-state index contributed by atoms with van der Waals surface area (Å²) in [5, 5.41) is 8.27. The van der Waals surface area contributed by atoms with Gasteiger partial charge in [-0.1, -0.05) is 12.1 Å². The van der Waals surface area contributed by atoms with E-state index >= 15 is 4.39 Å². The molecule has 1 N–H and O–H groups in total. The van der Waals surface area contributed by atoms with Gasteiger partial charge in [-0.2, -0.15) is 5.10 Å². The van der Waals surface area contributed by atoms with E-state index in [1.54, 1.807) is 42.9 Å². The van der Waals surface area contributed by atoms with Crippen LogP contribution in [-0.2, 0) is 0 Å². The quantitative estimate of drug-likeness (QED) is 0.526. The SMILES string of the molecule is CN1CCC(n2cc(-c3ccc4cnc(NC(=O)c5cccnc5)cc4c3F)cn2)CC1. The summed E-state index contributed by atoms with van der Waals surface area (Å²) in [6.45, 7) is 2.06. The molecule has 1 amide bonds. The molecule has 5 rings (SSSR count). The van der Waals surface area contributed by atoms with E-state index in [0.29, 0.717) is 27.9 Å². The Morgan fingerprint density at radius 2 is 2.00 bits per heavy atom. The number of amides is 1. The van der Waals surface area contributed by atoms with Crippen LogP contribution in [0, 0.1) is 5.82 Å². The summed E-state index contributed by atoms with van der Waals surface area (Å²) < 4.78 is 17.5. The second kappa shape index (κ2) is 8.47. The third-order valence-corrected chi connectivity index (χ3v) is 5.98. The number of pyridine rings is 2. The average molecular weight is 430 g/mol. The van der Waals surface area contributed by atoms with Crippen molar-refractivity contribution in [3.05, 3.63) is 72.7 Å². The number of nitrogens with zero attached hydrogens (tertiary/aromatic N) is 5. The number of rotatable bonds is 4. The van der Waals surface area contributed by atoms with Gasteiger partial charge in [-0.15, -0.1) is 0 Å². The molecular weight excluding hydrogens is 407 g/mol. The van der Waals surface area contributed by atoms with Gasteiger partial charge >= 0.3 is 0 Å². The zero-order valence-electron chi connectivity index (χ0n) is 17.7. The number of fused-ring (bicyclic) bond motifs is 1. The number of nitrogens with one attached hydrogen (secondary N) is 1. The van der Waals surface area contributed by atoms with Crippen molar-refractivity contribution in [3.8, 4) is 11.1 Å². The van der Waals surface area contributed by atoms with Gasteiger partial charge in [-0.05, 0) is 51.2 Å². The van der Waals surface area contributed by atoms with Crippen molar-refractivity contribution in [2.75, 3.05) is 25.5 Å². The second-order valence-electron chi connectivity index (χ2n) is 8.16. The lowest BCUT2D eigenvalue weighted by Gasteiger charge is -2.28. The zero-order valence-corrected chi connectivity index (χ0v) is 17.7. The molecule has 32 heavy (non-hydrogen) atoms. The summed E-state index contributed by atoms with van der Waals surface area (Å²) in [7, 11) is 2.12. The number of piperidine rings is 1. The predicted molar refractivity (Wildman–Crippen MR) is 121 cm³/mol. The Hall–Kier alpha value is -3.65. The number of halogens is 1. The van der Waals surface area contributed by atoms with Gasteiger partial charge in [0.05, 0.1) is 17.8 Å². The number of carbonyl (C=O) groups excluding carboxylic acids is 1. The Balaban J connectivity index is 1.42. The standard InChI is InChI=1S/C24H23FN6O/c1-30-9-6-19(7-10-30)31-15-18(14-28-31)20-5-4-16-13-27-22(11-21(16)23(20)25)29-24(32)17-3-2-8-26-12-17/h2-5,8,11-15,19H,6-7,9-10H2,1H3,(H,27,29,32). The Labute approximate surface area is 184 Å². The number of anilines is 1. The molecule has 0 saturated carbocycles. The third kappa shape index (κ3) is 3.97. The van der Waals surface area contributed by atoms with Crippen LogP contribution in [0.25, 0.3) is 21.9 Å². The highest BCUT2D eigenvalue weighted by Gasteiger charge is 2.20. The molecule has 7 nitrogen and oxygen atoms in total. The van der Waals surface area contributed by atoms with Crippen LogP contribution in [0.4, 0.5) is 10.2 Å². The third-order valence-electron chi connectivity index (χ3n) is 5.98. The summed E-state index contributed by atoms with van der Waals surface area (Å²) in [5.74, 6) is -0.421. The van der Waals surface area contributed by atoms with Crippen LogP contribution in [0.15, 0.2) is 61.3 Å². The van der Waals surface area contributed by atoms with Gasteiger partial charge in [-0.3, -0.25) is 14.5 Å². The van der Waals surface area contributed by atoms with Crippen molar-refractivity contribution in [2.24, 2.45) is 0 Å². The van der Waals surface area contributed by atoms with E-state index in [-0.39, 0.29) is 17.5 Å². The molecule has 0 unspecified atom stereocenters. The lowest BCUT2D eigenvalue weighted by Crippen LogP contribution is -2.31. The van der Waals surface area contributed by atoms with E-state index in [0.717, 1.165) is 31.5 Å². The maximum atomic E-state index is 15.5. The second-order valence-corrected chi connectivity index (χ2v) is 8.16. The number of hydrogen-bond donors (Lipinski definition) is 1. The normalized spacial score (nSPS) is 15.2. The smallest absolute Gasteiger partial charge is 0.258 e. The molecule has 162 valence electrons. The molecule has 1 aromatic carbocycles. The number of carbonyl (C=O) groups is 1. The summed E-state index contributed by atoms with van der Waals surface area (Å²) in [5.41, 5.74) is 1.62. The molecule has 0 atom stereocenters. The maximum absolute atomic E-state index is 15.5. The van der Waals surface area contributed by atoms with E-state index < -0.39 is 0 Å². The fourth-order valence-corrected chi connectivity index (χ4v) is 4.09. The first-order chi connectivity index (χ1) is 15.6. The molecule has 1 aliphatic heterocycles. The highest BCUT2D eigenvalue weighted by molar-refractivity contribution is 6.04. The number of likely N-dealkylation sites (tertiary alicyclic amines) is 1. The maximum Gasteiger partial charge on any atom is 0.258 e. The van der Waals surface area contributed by atoms with Crippen molar-refractivity contribution < 1.29 is 9.18 Å². The highest BCUT2D eigenvalue weighted by atomic mass is 19.1. The Kier molecular flexibility index (Phi) is 5.36. The Morgan fingerprint density at radius 1 is 1.16 bits per heavy atom. The molecule has 3 aromatic heterocycles. The van der Waals surface area contributed by atoms with E-state index in [1.165, 1.54) is 6.20 Å². The Bertz CT molecular complexity index is 1260. The number of benzene rings is 1. The van der Waals surface area contributed by atoms with Gasteiger partial charge in [0.25, 0.3) is 5.91 Å². The van der Waals surface area contributed by atoms with Crippen LogP contribution >= 0.6 is 0 Å². The van der Waals surface area contributed by atoms with Crippen molar-refractivity contribution >= 4 is 22.5 Å². The van der Waals surface area contributed by atoms with Gasteiger partial charge < -0.3 is 10.2 Å². The number of hydrogen-bond acceptors (Lipinski definition) is 5. The highest BCUT2D eigenvalue weighted by Crippen LogP contribution is 2.31. The van der Waals surface area contributed by atoms with Crippen LogP contribution in [0.5, 0.6) is 0 Å². The molecule has 0 radical (unpaired) electrons. The first-order valence-corrected chi connectivity index (χ1v) is 10.6. The van der Waals surface area contributed by atoms with Crippen molar-refractivity contribution in [3.63, 3.8) is 0 Å². The van der Waals surface area contributed by atoms with Crippen molar-refractivity contribution in [1.29, 1.82) is 0 Å². The average Bonchev–Trinajstić information content (AvgIpc) is 3.30. The summed E-state index contributed by atoms with van der Waals surface area (Å²) >= 11 is 0. The van der Waals surface area contributed by atoms with Crippen molar-refractivity contribution in [1.82, 2.24) is 24.6 Å². The fraction of sp³-hybridized carbons (Fsp3) is 0.250. The topological polar surface area (TPSA) is 75.9 Å². The molecule has 8 heteroatoms. The zero-order chi connectivity index (χ0) is 22.1. The first-order valence-electron chi connectivity index (χ1n) is 10.6. The van der Waals surface area contributed by atoms with Crippen LogP contribution in [0.2, 0.25) is 0 Å². The Morgan fingerprint density at radius 3 is 2.78 bits per heavy atom. The molecular formula is C24H23FN6O. The van der Waals surface area contributed by atoms with Crippen LogP contribution in [0.1, 0.15) is 29.2 Å². The molecule has 1 aliphatic rings. The summed E-state index contributed by atoms with van der Waals surface area (Å²) in [4.78, 5) is 22.9. The van der Waals surface area contributed by atoms with Crippen molar-refractivity contribution in [2.45, 2.75) is 18.9 Å². The van der Waals surface area contributed by atoms with Crippen LogP contribution in [-0.4, -0.2) is 50.7 Å². The van der Waals surface area contributed by atoms with Crippen LogP contribution < -0.4 is 5.32 Å². The largest absolute Gasteiger partial charge is 0.306 e. The minimum Gasteiger partial charge on any atom is -0.306 e. The lowest BCUT2D eigenvalue weighted by atomic mass is 10.0. The summed E-state index contributed by atoms with van der Waals surface area (Å²) in [6.07, 6.45) is 10.3. The van der Waals surface area contributed by atoms with Gasteiger partial charge in [0, 0.05) is 46.7 Å². The fourth-order valence-electron chi connectivity index (χ4n) is 4.09. The summed E-state index contributed by atoms with van der Waals surface area (Å²) in [6, 6.07) is 8.82. The van der Waals surface area contributed by atoms with E-state index in [4.69, 9.17) is 0 Å². The molecule has 0 aliphatic carbocycles. The molecule has 4 aromatic rings. The first kappa shape index (κ1) is 20.3. The lowest BCUT2D eigenvalue weighted by molar-refractivity contribution is 0.102. The van der Waals surface area contributed by atoms with Gasteiger partial charge in [0.15, 0.2) is 0 Å². The monoisotopic (exact) mass is 430 g/mol. The number of aromatic nitrogens is 4. The van der Waals surface area contributed by atoms with Gasteiger partial charge in [0.2, 0.25) is 0 Å². The molecule has 1 fully saturated rings. The minimum atomic E-state index is -0.357. The molecule has 4 heterocycles. The minimum absolute atomic E-state index is 0.282. The molecule has 0 spiro atoms. The van der Waals surface area contributed by atoms with Crippen LogP contribution in [0.3, 0.4) is 0 Å². The van der Waals surface area contributed by atoms with Gasteiger partial charge in [0.1, 0.15) is 11.6 Å². The molecule has 0 bridgehead atoms. The van der Waals surface area contributed by atoms with Gasteiger partial charge in [-0.25, -0.2) is 9.37 Å². The molecule has 1 saturated heterocycles. The predicted octanol–water partition coefficient (Wildman–Crippen LogP) is 4.15.